The number of aromatic nitrogens is 4. The number of rotatable bonds is 12. The number of fused-ring (bicyclic) bond motifs is 6. The van der Waals surface area contributed by atoms with Crippen molar-refractivity contribution in [3.8, 4) is 56.0 Å². The minimum Gasteiger partial charge on any atom is -0.491 e. The van der Waals surface area contributed by atoms with E-state index in [0.29, 0.717) is 16.7 Å². The zero-order valence-electron chi connectivity index (χ0n) is 37.3. The fourth-order valence-electron chi connectivity index (χ4n) is 8.12. The lowest BCUT2D eigenvalue weighted by Gasteiger charge is -2.28. The number of carbonyl (C=O) groups is 2. The standard InChI is InChI=1S/C24H24F3N3O4.C24H23F3N2O5/c1-13(31)12-34-15-8-17(14-10-29-30(11-14)22(2,3)21(28)32)20-16-6-4-5-7-18(16)23(33,19(20)9-15)24(25,26)27;1-13(30)12-34-15-8-17(14-10-28-29(11-14)22(2,3)21(31)32)20-16-6-4-5-7-18(16)23(33,19(20)9-15)24(25,26)27/h4-11,13,31,33H,12H2,1-3H3,(H2,28,32);4-11,13,30,33H,12H2,1-3H3,(H,31,32)/t2*13-,23-/m11/s1. The summed E-state index contributed by atoms with van der Waals surface area (Å²) in [6.45, 7) is 8.62. The number of aliphatic hydroxyl groups is 4. The van der Waals surface area contributed by atoms with Crippen LogP contribution in [0.1, 0.15) is 63.8 Å². The normalized spacial score (nSPS) is 18.4. The molecule has 0 unspecified atom stereocenters. The van der Waals surface area contributed by atoms with Crippen molar-refractivity contribution < 1.29 is 70.9 Å². The van der Waals surface area contributed by atoms with Crippen LogP contribution in [-0.4, -0.2) is 94.7 Å². The molecule has 2 aliphatic rings. The van der Waals surface area contributed by atoms with Gasteiger partial charge < -0.3 is 40.7 Å². The van der Waals surface area contributed by atoms with Gasteiger partial charge in [0.2, 0.25) is 17.1 Å². The maximum Gasteiger partial charge on any atom is 0.425 e. The van der Waals surface area contributed by atoms with Crippen LogP contribution >= 0.6 is 0 Å². The molecule has 20 heteroatoms. The van der Waals surface area contributed by atoms with Gasteiger partial charge in [0.05, 0.1) is 24.6 Å². The van der Waals surface area contributed by atoms with E-state index in [9.17, 15) is 61.5 Å². The van der Waals surface area contributed by atoms with Crippen molar-refractivity contribution in [1.82, 2.24) is 19.6 Å². The van der Waals surface area contributed by atoms with Crippen molar-refractivity contribution in [1.29, 1.82) is 0 Å². The number of primary amides is 1. The predicted molar refractivity (Wildman–Crippen MR) is 234 cm³/mol. The summed E-state index contributed by atoms with van der Waals surface area (Å²) in [7, 11) is 0. The summed E-state index contributed by atoms with van der Waals surface area (Å²) in [4.78, 5) is 23.5. The number of halogens is 6. The lowest BCUT2D eigenvalue weighted by Crippen LogP contribution is -2.41. The highest BCUT2D eigenvalue weighted by Crippen LogP contribution is 2.60. The van der Waals surface area contributed by atoms with Gasteiger partial charge in [-0.25, -0.2) is 4.79 Å². The number of nitrogens with zero attached hydrogens (tertiary/aromatic N) is 4. The maximum absolute atomic E-state index is 14.3. The summed E-state index contributed by atoms with van der Waals surface area (Å²) < 4.78 is 99.6. The molecule has 8 rings (SSSR count). The van der Waals surface area contributed by atoms with Crippen LogP contribution in [0.3, 0.4) is 0 Å². The Hall–Kier alpha value is -6.74. The summed E-state index contributed by atoms with van der Waals surface area (Å²) in [6.07, 6.45) is -6.11. The first-order valence-corrected chi connectivity index (χ1v) is 21.0. The Morgan fingerprint density at radius 3 is 1.34 bits per heavy atom. The first kappa shape index (κ1) is 49.2. The summed E-state index contributed by atoms with van der Waals surface area (Å²) in [5.74, 6) is -1.74. The molecule has 0 bridgehead atoms. The first-order valence-electron chi connectivity index (χ1n) is 21.0. The van der Waals surface area contributed by atoms with Gasteiger partial charge in [-0.3, -0.25) is 14.2 Å². The highest BCUT2D eigenvalue weighted by atomic mass is 19.4. The number of amides is 1. The van der Waals surface area contributed by atoms with Crippen LogP contribution in [-0.2, 0) is 31.9 Å². The second-order valence-electron chi connectivity index (χ2n) is 17.7. The van der Waals surface area contributed by atoms with E-state index in [4.69, 9.17) is 15.2 Å². The highest BCUT2D eigenvalue weighted by Gasteiger charge is 2.62. The average molecular weight is 952 g/mol. The number of nitrogens with two attached hydrogens (primary N) is 1. The molecule has 2 aliphatic carbocycles. The monoisotopic (exact) mass is 951 g/mol. The Morgan fingerprint density at radius 1 is 0.632 bits per heavy atom. The van der Waals surface area contributed by atoms with E-state index in [-0.39, 0.29) is 69.2 Å². The average Bonchev–Trinajstić information content (AvgIpc) is 4.07. The molecule has 0 saturated heterocycles. The zero-order valence-corrected chi connectivity index (χ0v) is 37.3. The van der Waals surface area contributed by atoms with E-state index in [1.807, 2.05) is 0 Å². The van der Waals surface area contributed by atoms with E-state index in [2.05, 4.69) is 10.2 Å². The van der Waals surface area contributed by atoms with Gasteiger partial charge in [0.15, 0.2) is 5.54 Å². The van der Waals surface area contributed by atoms with Crippen LogP contribution in [0.2, 0.25) is 0 Å². The minimum atomic E-state index is -5.04. The first-order chi connectivity index (χ1) is 31.6. The minimum absolute atomic E-state index is 0.00961. The van der Waals surface area contributed by atoms with Gasteiger partial charge in [0, 0.05) is 45.8 Å². The number of aliphatic hydroxyl groups excluding tert-OH is 2. The van der Waals surface area contributed by atoms with E-state index in [1.54, 1.807) is 26.0 Å². The molecule has 7 N–H and O–H groups in total. The smallest absolute Gasteiger partial charge is 0.425 e. The molecule has 1 amide bonds. The van der Waals surface area contributed by atoms with Crippen LogP contribution in [0.25, 0.3) is 44.5 Å². The zero-order chi connectivity index (χ0) is 50.1. The molecule has 360 valence electrons. The van der Waals surface area contributed by atoms with Gasteiger partial charge in [0.1, 0.15) is 30.3 Å². The second kappa shape index (κ2) is 17.1. The van der Waals surface area contributed by atoms with Gasteiger partial charge >= 0.3 is 18.3 Å². The molecule has 14 nitrogen and oxygen atoms in total. The molecule has 6 aromatic rings. The van der Waals surface area contributed by atoms with Crippen molar-refractivity contribution in [2.24, 2.45) is 5.73 Å². The molecule has 2 heterocycles. The molecular weight excluding hydrogens is 905 g/mol. The summed E-state index contributed by atoms with van der Waals surface area (Å²) in [5, 5.41) is 59.2. The lowest BCUT2D eigenvalue weighted by atomic mass is 9.89. The Bertz CT molecular complexity index is 2730. The number of aliphatic carboxylic acids is 1. The lowest BCUT2D eigenvalue weighted by molar-refractivity contribution is -0.247. The second-order valence-corrected chi connectivity index (χ2v) is 17.7. The molecule has 0 fully saturated rings. The fraction of sp³-hybridized carbons (Fsp3) is 0.333. The van der Waals surface area contributed by atoms with Crippen LogP contribution < -0.4 is 15.2 Å². The number of carbonyl (C=O) groups excluding carboxylic acids is 1. The number of ether oxygens (including phenoxy) is 2. The van der Waals surface area contributed by atoms with Crippen molar-refractivity contribution in [3.63, 3.8) is 0 Å². The number of hydrogen-bond donors (Lipinski definition) is 6. The Kier molecular flexibility index (Phi) is 12.4. The van der Waals surface area contributed by atoms with Gasteiger partial charge in [-0.1, -0.05) is 48.5 Å². The third-order valence-electron chi connectivity index (χ3n) is 12.0. The summed E-state index contributed by atoms with van der Waals surface area (Å²) >= 11 is 0. The van der Waals surface area contributed by atoms with Crippen LogP contribution in [0, 0.1) is 0 Å². The number of carboxylic acid groups (broad SMARTS) is 1. The molecule has 68 heavy (non-hydrogen) atoms. The van der Waals surface area contributed by atoms with Crippen molar-refractivity contribution >= 4 is 11.9 Å². The number of hydrogen-bond acceptors (Lipinski definition) is 10. The van der Waals surface area contributed by atoms with Crippen molar-refractivity contribution in [2.75, 3.05) is 13.2 Å². The van der Waals surface area contributed by atoms with E-state index < -0.39 is 64.3 Å². The van der Waals surface area contributed by atoms with Crippen molar-refractivity contribution in [2.45, 2.75) is 88.4 Å². The fourth-order valence-corrected chi connectivity index (χ4v) is 8.12. The number of benzene rings is 4. The SMILES string of the molecule is C[C@@H](O)COc1cc(-c2cnn(C(C)(C)C(=O)O)c2)c2c(c1)[C@@](O)(C(F)(F)F)c1ccccc1-2.C[C@@H](O)COc1cc(-c2cnn(C(C)(C)C(N)=O)c2)c2c(c1)[C@@](O)(C(F)(F)F)c1ccccc1-2. The van der Waals surface area contributed by atoms with Crippen LogP contribution in [0.4, 0.5) is 26.3 Å². The Balaban J connectivity index is 0.000000201. The van der Waals surface area contributed by atoms with Gasteiger partial charge in [-0.2, -0.15) is 36.5 Å². The van der Waals surface area contributed by atoms with Crippen LogP contribution in [0.5, 0.6) is 11.5 Å². The molecule has 4 atom stereocenters. The number of alkyl halides is 6. The van der Waals surface area contributed by atoms with Gasteiger partial charge in [-0.15, -0.1) is 0 Å². The maximum atomic E-state index is 14.3. The molecule has 2 aromatic heterocycles. The third-order valence-corrected chi connectivity index (χ3v) is 12.0. The third kappa shape index (κ3) is 8.13. The topological polar surface area (TPSA) is 215 Å². The molecule has 4 aromatic carbocycles. The molecule has 0 spiro atoms. The number of carboxylic acids is 1. The highest BCUT2D eigenvalue weighted by molar-refractivity contribution is 5.94. The summed E-state index contributed by atoms with van der Waals surface area (Å²) in [5.41, 5.74) is -3.01. The largest absolute Gasteiger partial charge is 0.491 e. The van der Waals surface area contributed by atoms with Crippen molar-refractivity contribution in [3.05, 3.63) is 120 Å². The Labute approximate surface area is 384 Å². The van der Waals surface area contributed by atoms with Gasteiger partial charge in [0.25, 0.3) is 0 Å². The quantitative estimate of drug-likeness (QED) is 0.0674. The molecule has 0 saturated carbocycles. The Morgan fingerprint density at radius 2 is 1.00 bits per heavy atom. The molecule has 0 aliphatic heterocycles. The van der Waals surface area contributed by atoms with E-state index in [1.165, 1.54) is 110 Å². The van der Waals surface area contributed by atoms with E-state index >= 15 is 0 Å². The summed E-state index contributed by atoms with van der Waals surface area (Å²) in [6, 6.07) is 16.8. The predicted octanol–water partition coefficient (Wildman–Crippen LogP) is 7.22. The van der Waals surface area contributed by atoms with E-state index in [0.717, 1.165) is 12.1 Å². The molecular formula is C48H47F6N5O9. The van der Waals surface area contributed by atoms with Crippen LogP contribution in [0.15, 0.2) is 97.6 Å². The van der Waals surface area contributed by atoms with Gasteiger partial charge in [-0.05, 0) is 99.2 Å². The molecule has 0 radical (unpaired) electrons.